The average molecular weight is 482 g/mol. The summed E-state index contributed by atoms with van der Waals surface area (Å²) < 4.78 is 0. The average Bonchev–Trinajstić information content (AvgIpc) is 3.42. The molecule has 174 valence electrons. The number of carbonyl (C=O) groups excluding carboxylic acids is 3. The minimum atomic E-state index is -0.801. The lowest BCUT2D eigenvalue weighted by atomic mass is 10.2. The SMILES string of the molecule is NC(=O)c1nc(CCCC(=O)Nc2ccc3[nH]nnc3c2)[nH]c1NC(=O)Nc1ccc(Cl)cc1. The van der Waals surface area contributed by atoms with Crippen molar-refractivity contribution in [2.45, 2.75) is 19.3 Å². The van der Waals surface area contributed by atoms with Crippen LogP contribution in [0.5, 0.6) is 0 Å². The Morgan fingerprint density at radius 1 is 1.00 bits per heavy atom. The van der Waals surface area contributed by atoms with Crippen LogP contribution in [-0.4, -0.2) is 43.2 Å². The number of primary amides is 1. The third-order valence-corrected chi connectivity index (χ3v) is 5.01. The van der Waals surface area contributed by atoms with Gasteiger partial charge in [0.2, 0.25) is 5.91 Å². The molecule has 0 atom stereocenters. The van der Waals surface area contributed by atoms with Gasteiger partial charge in [-0.1, -0.05) is 16.8 Å². The number of fused-ring (bicyclic) bond motifs is 1. The summed E-state index contributed by atoms with van der Waals surface area (Å²) in [6.45, 7) is 0. The van der Waals surface area contributed by atoms with E-state index in [0.29, 0.717) is 40.6 Å². The third kappa shape index (κ3) is 5.66. The summed E-state index contributed by atoms with van der Waals surface area (Å²) in [7, 11) is 0. The molecular weight excluding hydrogens is 462 g/mol. The number of H-pyrrole nitrogens is 2. The van der Waals surface area contributed by atoms with Crippen molar-refractivity contribution in [1.82, 2.24) is 25.4 Å². The molecule has 4 aromatic rings. The van der Waals surface area contributed by atoms with Crippen LogP contribution in [0.4, 0.5) is 22.0 Å². The van der Waals surface area contributed by atoms with Crippen LogP contribution in [0.15, 0.2) is 42.5 Å². The summed E-state index contributed by atoms with van der Waals surface area (Å²) in [6, 6.07) is 11.2. The molecule has 0 aliphatic heterocycles. The zero-order chi connectivity index (χ0) is 24.1. The number of imidazole rings is 1. The fourth-order valence-corrected chi connectivity index (χ4v) is 3.30. The number of benzene rings is 2. The molecule has 0 saturated carbocycles. The van der Waals surface area contributed by atoms with Crippen molar-refractivity contribution in [3.8, 4) is 0 Å². The number of aromatic nitrogens is 5. The molecule has 34 heavy (non-hydrogen) atoms. The molecule has 2 aromatic heterocycles. The van der Waals surface area contributed by atoms with Crippen molar-refractivity contribution in [1.29, 1.82) is 0 Å². The third-order valence-electron chi connectivity index (χ3n) is 4.75. The van der Waals surface area contributed by atoms with Gasteiger partial charge in [0, 0.05) is 29.2 Å². The van der Waals surface area contributed by atoms with E-state index in [2.05, 4.69) is 41.3 Å². The quantitative estimate of drug-likeness (QED) is 0.224. The molecule has 0 saturated heterocycles. The number of hydrogen-bond donors (Lipinski definition) is 6. The lowest BCUT2D eigenvalue weighted by molar-refractivity contribution is -0.116. The van der Waals surface area contributed by atoms with E-state index in [0.717, 1.165) is 5.52 Å². The number of nitrogens with two attached hydrogens (primary N) is 1. The number of aromatic amines is 2. The Morgan fingerprint density at radius 3 is 2.53 bits per heavy atom. The molecule has 0 aliphatic rings. The van der Waals surface area contributed by atoms with Crippen LogP contribution in [0.25, 0.3) is 11.0 Å². The Hall–Kier alpha value is -4.45. The number of hydrogen-bond acceptors (Lipinski definition) is 6. The summed E-state index contributed by atoms with van der Waals surface area (Å²) in [5.41, 5.74) is 7.82. The smallest absolute Gasteiger partial charge is 0.324 e. The molecule has 0 radical (unpaired) electrons. The highest BCUT2D eigenvalue weighted by atomic mass is 35.5. The second-order valence-electron chi connectivity index (χ2n) is 7.30. The number of nitrogens with zero attached hydrogens (tertiary/aromatic N) is 3. The molecule has 2 heterocycles. The minimum absolute atomic E-state index is 0.0688. The van der Waals surface area contributed by atoms with E-state index in [1.807, 2.05) is 0 Å². The van der Waals surface area contributed by atoms with Crippen molar-refractivity contribution in [2.75, 3.05) is 16.0 Å². The highest BCUT2D eigenvalue weighted by molar-refractivity contribution is 6.30. The highest BCUT2D eigenvalue weighted by Gasteiger charge is 2.17. The molecule has 0 aliphatic carbocycles. The first-order valence-corrected chi connectivity index (χ1v) is 10.6. The van der Waals surface area contributed by atoms with Crippen molar-refractivity contribution in [2.24, 2.45) is 5.73 Å². The van der Waals surface area contributed by atoms with Gasteiger partial charge >= 0.3 is 6.03 Å². The van der Waals surface area contributed by atoms with E-state index in [-0.39, 0.29) is 23.8 Å². The van der Waals surface area contributed by atoms with E-state index < -0.39 is 11.9 Å². The summed E-state index contributed by atoms with van der Waals surface area (Å²) >= 11 is 5.83. The Labute approximate surface area is 197 Å². The number of urea groups is 1. The van der Waals surface area contributed by atoms with Crippen LogP contribution < -0.4 is 21.7 Å². The Morgan fingerprint density at radius 2 is 1.76 bits per heavy atom. The van der Waals surface area contributed by atoms with Gasteiger partial charge in [-0.15, -0.1) is 5.10 Å². The topological polar surface area (TPSA) is 184 Å². The van der Waals surface area contributed by atoms with Gasteiger partial charge in [0.25, 0.3) is 5.91 Å². The van der Waals surface area contributed by atoms with Gasteiger partial charge < -0.3 is 21.4 Å². The van der Waals surface area contributed by atoms with E-state index in [1.54, 1.807) is 42.5 Å². The van der Waals surface area contributed by atoms with Gasteiger partial charge in [-0.2, -0.15) is 0 Å². The maximum absolute atomic E-state index is 12.3. The van der Waals surface area contributed by atoms with Crippen LogP contribution >= 0.6 is 11.6 Å². The zero-order valence-electron chi connectivity index (χ0n) is 17.7. The maximum Gasteiger partial charge on any atom is 0.324 e. The standard InChI is InChI=1S/C21H20ClN9O3/c22-11-4-6-12(7-5-11)25-21(34)28-20-18(19(23)33)26-16(27-20)2-1-3-17(32)24-13-8-9-14-15(10-13)30-31-29-14/h4-10H,1-3H2,(H2,23,33)(H,24,32)(H,26,27)(H2,25,28,34)(H,29,30,31). The number of carbonyl (C=O) groups is 3. The number of rotatable bonds is 8. The molecular formula is C21H20ClN9O3. The van der Waals surface area contributed by atoms with E-state index in [4.69, 9.17) is 17.3 Å². The lowest BCUT2D eigenvalue weighted by Crippen LogP contribution is -2.22. The molecule has 0 spiro atoms. The lowest BCUT2D eigenvalue weighted by Gasteiger charge is -2.07. The number of nitrogens with one attached hydrogen (secondary N) is 5. The van der Waals surface area contributed by atoms with Gasteiger partial charge in [0.05, 0.1) is 5.52 Å². The Kier molecular flexibility index (Phi) is 6.69. The predicted octanol–water partition coefficient (Wildman–Crippen LogP) is 3.04. The summed E-state index contributed by atoms with van der Waals surface area (Å²) in [5.74, 6) is -0.512. The number of amides is 4. The predicted molar refractivity (Wildman–Crippen MR) is 127 cm³/mol. The molecule has 0 bridgehead atoms. The summed E-state index contributed by atoms with van der Waals surface area (Å²) in [4.78, 5) is 43.3. The first kappa shape index (κ1) is 22.7. The number of anilines is 3. The molecule has 0 unspecified atom stereocenters. The summed E-state index contributed by atoms with van der Waals surface area (Å²) in [5, 5.41) is 18.8. The van der Waals surface area contributed by atoms with Crippen molar-refractivity contribution >= 4 is 57.7 Å². The first-order valence-electron chi connectivity index (χ1n) is 10.2. The fourth-order valence-electron chi connectivity index (χ4n) is 3.18. The molecule has 4 rings (SSSR count). The Bertz CT molecular complexity index is 1350. The van der Waals surface area contributed by atoms with Crippen molar-refractivity contribution in [3.63, 3.8) is 0 Å². The second kappa shape index (κ2) is 10.0. The van der Waals surface area contributed by atoms with Gasteiger partial charge in [-0.25, -0.2) is 9.78 Å². The summed E-state index contributed by atoms with van der Waals surface area (Å²) in [6.07, 6.45) is 1.01. The minimum Gasteiger partial charge on any atom is -0.364 e. The number of halogens is 1. The van der Waals surface area contributed by atoms with Gasteiger partial charge in [-0.3, -0.25) is 20.0 Å². The van der Waals surface area contributed by atoms with Crippen LogP contribution in [-0.2, 0) is 11.2 Å². The maximum atomic E-state index is 12.3. The van der Waals surface area contributed by atoms with Crippen LogP contribution in [0.3, 0.4) is 0 Å². The fraction of sp³-hybridized carbons (Fsp3) is 0.143. The molecule has 12 nitrogen and oxygen atoms in total. The van der Waals surface area contributed by atoms with Gasteiger partial charge in [0.1, 0.15) is 17.2 Å². The molecule has 2 aromatic carbocycles. The number of aryl methyl sites for hydroxylation is 1. The van der Waals surface area contributed by atoms with Crippen LogP contribution in [0.2, 0.25) is 5.02 Å². The normalized spacial score (nSPS) is 10.7. The van der Waals surface area contributed by atoms with E-state index in [1.165, 1.54) is 0 Å². The first-order chi connectivity index (χ1) is 16.4. The van der Waals surface area contributed by atoms with Gasteiger partial charge in [-0.05, 0) is 48.9 Å². The van der Waals surface area contributed by atoms with Crippen LogP contribution in [0.1, 0.15) is 29.2 Å². The Balaban J connectivity index is 1.31. The molecule has 0 fully saturated rings. The van der Waals surface area contributed by atoms with E-state index in [9.17, 15) is 14.4 Å². The largest absolute Gasteiger partial charge is 0.364 e. The van der Waals surface area contributed by atoms with Crippen molar-refractivity contribution < 1.29 is 14.4 Å². The van der Waals surface area contributed by atoms with E-state index >= 15 is 0 Å². The highest BCUT2D eigenvalue weighted by Crippen LogP contribution is 2.18. The molecule has 13 heteroatoms. The zero-order valence-corrected chi connectivity index (χ0v) is 18.4. The molecule has 7 N–H and O–H groups in total. The van der Waals surface area contributed by atoms with Crippen LogP contribution in [0, 0.1) is 0 Å². The monoisotopic (exact) mass is 481 g/mol. The van der Waals surface area contributed by atoms with Crippen molar-refractivity contribution in [3.05, 3.63) is 59.0 Å². The van der Waals surface area contributed by atoms with Gasteiger partial charge in [0.15, 0.2) is 5.69 Å². The molecule has 4 amide bonds. The second-order valence-corrected chi connectivity index (χ2v) is 7.74.